The molecule has 8 rings (SSSR count). The molecule has 4 aliphatic rings. The first-order valence-electron chi connectivity index (χ1n) is 17.0. The predicted molar refractivity (Wildman–Crippen MR) is 189 cm³/mol. The molecule has 0 radical (unpaired) electrons. The molecule has 1 saturated heterocycles. The highest BCUT2D eigenvalue weighted by molar-refractivity contribution is 6.25. The van der Waals surface area contributed by atoms with Gasteiger partial charge in [0.05, 0.1) is 17.5 Å². The monoisotopic (exact) mass is 675 g/mol. The van der Waals surface area contributed by atoms with E-state index in [4.69, 9.17) is 4.74 Å². The van der Waals surface area contributed by atoms with Crippen molar-refractivity contribution in [3.8, 4) is 11.5 Å². The Kier molecular flexibility index (Phi) is 7.94. The first-order valence-corrected chi connectivity index (χ1v) is 17.0. The summed E-state index contributed by atoms with van der Waals surface area (Å²) in [6.07, 6.45) is 3.65. The van der Waals surface area contributed by atoms with Gasteiger partial charge in [-0.15, -0.1) is 0 Å². The maximum absolute atomic E-state index is 14.3. The number of benzene rings is 4. The van der Waals surface area contributed by atoms with Gasteiger partial charge >= 0.3 is 0 Å². The summed E-state index contributed by atoms with van der Waals surface area (Å²) in [7, 11) is 0. The summed E-state index contributed by atoms with van der Waals surface area (Å²) in [6, 6.07) is 29.9. The number of imide groups is 1. The number of ether oxygens (including phenoxy) is 1. The van der Waals surface area contributed by atoms with E-state index in [1.807, 2.05) is 42.5 Å². The number of nitrogens with zero attached hydrogens (tertiary/aromatic N) is 1. The minimum Gasteiger partial charge on any atom is -0.507 e. The molecule has 0 spiro atoms. The van der Waals surface area contributed by atoms with Gasteiger partial charge in [-0.1, -0.05) is 78.4 Å². The topological polar surface area (TPSA) is 118 Å². The molecule has 51 heavy (non-hydrogen) atoms. The van der Waals surface area contributed by atoms with Gasteiger partial charge in [0, 0.05) is 45.4 Å². The molecular formula is C43H33NO7. The van der Waals surface area contributed by atoms with E-state index < -0.39 is 23.7 Å². The third kappa shape index (κ3) is 5.44. The van der Waals surface area contributed by atoms with Crippen LogP contribution in [0.3, 0.4) is 0 Å². The van der Waals surface area contributed by atoms with Gasteiger partial charge in [-0.2, -0.15) is 0 Å². The Balaban J connectivity index is 1.12. The maximum Gasteiger partial charge on any atom is 0.238 e. The number of phenols is 1. The highest BCUT2D eigenvalue weighted by Gasteiger charge is 2.56. The molecule has 4 atom stereocenters. The molecule has 4 aromatic carbocycles. The van der Waals surface area contributed by atoms with Crippen molar-refractivity contribution in [1.82, 2.24) is 0 Å². The fraction of sp³-hybridized carbons (Fsp3) is 0.186. The highest BCUT2D eigenvalue weighted by atomic mass is 16.5. The fourth-order valence-corrected chi connectivity index (χ4v) is 8.11. The summed E-state index contributed by atoms with van der Waals surface area (Å²) < 4.78 is 5.94. The van der Waals surface area contributed by atoms with Gasteiger partial charge in [0.1, 0.15) is 18.1 Å². The van der Waals surface area contributed by atoms with Gasteiger partial charge in [-0.05, 0) is 67.7 Å². The van der Waals surface area contributed by atoms with Gasteiger partial charge < -0.3 is 9.84 Å². The van der Waals surface area contributed by atoms with Crippen LogP contribution in [0.5, 0.6) is 11.5 Å². The van der Waals surface area contributed by atoms with Crippen LogP contribution >= 0.6 is 0 Å². The third-order valence-electron chi connectivity index (χ3n) is 10.5. The SMILES string of the molecule is CC1=CC(=O)C2=C(CC3C(=CCC4C(=O)N(c5ccc(C(=O)c6ccccc6)cc5)C(=O)C43)C2c2ccc(OCc3ccccc3)cc2O)C1=O. The minimum atomic E-state index is -0.788. The minimum absolute atomic E-state index is 0.104. The van der Waals surface area contributed by atoms with Crippen LogP contribution in [0, 0.1) is 17.8 Å². The number of allylic oxidation sites excluding steroid dienone is 6. The molecule has 3 aliphatic carbocycles. The number of hydrogen-bond donors (Lipinski definition) is 1. The molecule has 1 N–H and O–H groups in total. The second-order valence-electron chi connectivity index (χ2n) is 13.5. The summed E-state index contributed by atoms with van der Waals surface area (Å²) in [6.45, 7) is 1.90. The van der Waals surface area contributed by atoms with Crippen LogP contribution in [0.4, 0.5) is 5.69 Å². The molecule has 4 aromatic rings. The molecule has 0 bridgehead atoms. The number of rotatable bonds is 7. The number of carbonyl (C=O) groups is 5. The normalized spacial score (nSPS) is 22.6. The molecule has 4 unspecified atom stereocenters. The van der Waals surface area contributed by atoms with Gasteiger partial charge in [0.2, 0.25) is 11.8 Å². The van der Waals surface area contributed by atoms with Crippen molar-refractivity contribution in [1.29, 1.82) is 0 Å². The van der Waals surface area contributed by atoms with Crippen LogP contribution in [0.1, 0.15) is 52.7 Å². The molecular weight excluding hydrogens is 642 g/mol. The summed E-state index contributed by atoms with van der Waals surface area (Å²) in [4.78, 5) is 69.8. The molecule has 1 aliphatic heterocycles. The van der Waals surface area contributed by atoms with E-state index in [1.54, 1.807) is 67.6 Å². The molecule has 0 saturated carbocycles. The summed E-state index contributed by atoms with van der Waals surface area (Å²) in [5.41, 5.74) is 4.38. The average Bonchev–Trinajstić information content (AvgIpc) is 3.41. The van der Waals surface area contributed by atoms with E-state index in [-0.39, 0.29) is 47.8 Å². The van der Waals surface area contributed by atoms with Crippen molar-refractivity contribution in [2.24, 2.45) is 17.8 Å². The van der Waals surface area contributed by atoms with E-state index in [0.717, 1.165) is 11.1 Å². The van der Waals surface area contributed by atoms with Crippen LogP contribution in [-0.4, -0.2) is 34.3 Å². The van der Waals surface area contributed by atoms with Crippen molar-refractivity contribution in [3.05, 3.63) is 160 Å². The first-order chi connectivity index (χ1) is 24.7. The van der Waals surface area contributed by atoms with E-state index in [2.05, 4.69) is 0 Å². The number of anilines is 1. The molecule has 0 aromatic heterocycles. The molecule has 8 heteroatoms. The number of ketones is 3. The predicted octanol–water partition coefficient (Wildman–Crippen LogP) is 6.84. The van der Waals surface area contributed by atoms with Crippen LogP contribution in [-0.2, 0) is 25.8 Å². The van der Waals surface area contributed by atoms with Crippen LogP contribution in [0.2, 0.25) is 0 Å². The Morgan fingerprint density at radius 1 is 0.824 bits per heavy atom. The Bertz CT molecular complexity index is 2230. The number of phenolic OH excluding ortho intramolecular Hbond substituents is 1. The molecule has 2 amide bonds. The summed E-state index contributed by atoms with van der Waals surface area (Å²) in [5, 5.41) is 11.4. The largest absolute Gasteiger partial charge is 0.507 e. The lowest BCUT2D eigenvalue weighted by molar-refractivity contribution is -0.123. The second kappa shape index (κ2) is 12.6. The molecule has 8 nitrogen and oxygen atoms in total. The lowest BCUT2D eigenvalue weighted by Crippen LogP contribution is -2.39. The number of Topliss-reactive ketones (excluding diaryl/α,β-unsaturated/α-hetero) is 1. The summed E-state index contributed by atoms with van der Waals surface area (Å²) in [5.74, 6) is -3.92. The number of fused-ring (bicyclic) bond motifs is 3. The highest BCUT2D eigenvalue weighted by Crippen LogP contribution is 2.56. The molecule has 1 fully saturated rings. The zero-order chi connectivity index (χ0) is 35.4. The maximum atomic E-state index is 14.3. The smallest absolute Gasteiger partial charge is 0.238 e. The molecule has 1 heterocycles. The Morgan fingerprint density at radius 3 is 2.22 bits per heavy atom. The van der Waals surface area contributed by atoms with Crippen molar-refractivity contribution in [2.45, 2.75) is 32.3 Å². The van der Waals surface area contributed by atoms with Crippen molar-refractivity contribution < 1.29 is 33.8 Å². The van der Waals surface area contributed by atoms with Gasteiger partial charge in [0.25, 0.3) is 0 Å². The third-order valence-corrected chi connectivity index (χ3v) is 10.5. The zero-order valence-electron chi connectivity index (χ0n) is 27.7. The Hall–Kier alpha value is -6.15. The Morgan fingerprint density at radius 2 is 1.51 bits per heavy atom. The zero-order valence-corrected chi connectivity index (χ0v) is 27.7. The van der Waals surface area contributed by atoms with E-state index in [1.165, 1.54) is 17.0 Å². The lowest BCUT2D eigenvalue weighted by Gasteiger charge is -2.42. The second-order valence-corrected chi connectivity index (χ2v) is 13.5. The molecule has 252 valence electrons. The van der Waals surface area contributed by atoms with E-state index in [9.17, 15) is 29.1 Å². The quantitative estimate of drug-likeness (QED) is 0.0987. The van der Waals surface area contributed by atoms with Crippen LogP contribution < -0.4 is 9.64 Å². The van der Waals surface area contributed by atoms with Crippen LogP contribution in [0.25, 0.3) is 0 Å². The van der Waals surface area contributed by atoms with E-state index >= 15 is 0 Å². The fourth-order valence-electron chi connectivity index (χ4n) is 8.11. The number of carbonyl (C=O) groups excluding carboxylic acids is 5. The van der Waals surface area contributed by atoms with Gasteiger partial charge in [0.15, 0.2) is 17.3 Å². The van der Waals surface area contributed by atoms with Gasteiger partial charge in [-0.3, -0.25) is 28.9 Å². The summed E-state index contributed by atoms with van der Waals surface area (Å²) >= 11 is 0. The van der Waals surface area contributed by atoms with Crippen molar-refractivity contribution in [3.63, 3.8) is 0 Å². The first kappa shape index (κ1) is 32.1. The number of amides is 2. The number of aromatic hydroxyl groups is 1. The van der Waals surface area contributed by atoms with Crippen molar-refractivity contribution >= 4 is 34.9 Å². The standard InChI is InChI=1S/C43H33NO7/c1-24-20-36(46)39-34(40(24)47)22-33-30(37(39)31-17-16-29(21-35(31)45)51-23-25-8-4-2-5-9-25)18-19-32-38(33)43(50)44(42(32)49)28-14-12-27(13-15-28)41(48)26-10-6-3-7-11-26/h2-18,20-21,32-33,37-38,45H,19,22-23H2,1H3. The van der Waals surface area contributed by atoms with E-state index in [0.29, 0.717) is 51.5 Å². The Labute approximate surface area is 294 Å². The average molecular weight is 676 g/mol. The van der Waals surface area contributed by atoms with Crippen molar-refractivity contribution in [2.75, 3.05) is 4.90 Å². The van der Waals surface area contributed by atoms with Crippen LogP contribution in [0.15, 0.2) is 138 Å². The van der Waals surface area contributed by atoms with Gasteiger partial charge in [-0.25, -0.2) is 0 Å². The number of hydrogen-bond acceptors (Lipinski definition) is 7. The lowest BCUT2D eigenvalue weighted by atomic mass is 9.59.